The zero-order valence-electron chi connectivity index (χ0n) is 49.5. The lowest BCUT2D eigenvalue weighted by molar-refractivity contribution is 0.332. The lowest BCUT2D eigenvalue weighted by Crippen LogP contribution is -2.62. The van der Waals surface area contributed by atoms with Gasteiger partial charge < -0.3 is 9.71 Å². The monoisotopic (exact) mass is 999 g/mol. The van der Waals surface area contributed by atoms with Crippen LogP contribution in [0.2, 0.25) is 0 Å². The summed E-state index contributed by atoms with van der Waals surface area (Å²) in [5.74, 6) is 0. The van der Waals surface area contributed by atoms with Crippen LogP contribution in [0, 0.1) is 27.7 Å². The number of hydrogen-bond donors (Lipinski definition) is 0. The predicted molar refractivity (Wildman–Crippen MR) is 328 cm³/mol. The Bertz CT molecular complexity index is 3680. The summed E-state index contributed by atoms with van der Waals surface area (Å²) in [5.41, 5.74) is 34.9. The molecule has 0 N–H and O–H groups in total. The van der Waals surface area contributed by atoms with Gasteiger partial charge in [0.25, 0.3) is 0 Å². The Hall–Kier alpha value is -5.80. The van der Waals surface area contributed by atoms with Gasteiger partial charge >= 0.3 is 6.85 Å². The Morgan fingerprint density at radius 2 is 0.895 bits per heavy atom. The number of aryl methyl sites for hydroxylation is 4. The molecule has 0 saturated heterocycles. The molecule has 0 saturated carbocycles. The van der Waals surface area contributed by atoms with Crippen LogP contribution in [0.5, 0.6) is 0 Å². The molecule has 0 unspecified atom stereocenters. The Kier molecular flexibility index (Phi) is 10.3. The van der Waals surface area contributed by atoms with Crippen molar-refractivity contribution >= 4 is 46.2 Å². The molecule has 2 heterocycles. The first-order chi connectivity index (χ1) is 35.5. The highest BCUT2D eigenvalue weighted by atomic mass is 15.2. The summed E-state index contributed by atoms with van der Waals surface area (Å²) in [6, 6.07) is 43.1. The molecule has 0 amide bonds. The molecule has 7 aromatic carbocycles. The van der Waals surface area contributed by atoms with E-state index in [1.54, 1.807) is 0 Å². The molecule has 0 spiro atoms. The molecule has 3 heteroatoms. The van der Waals surface area contributed by atoms with Crippen LogP contribution >= 0.6 is 0 Å². The van der Waals surface area contributed by atoms with E-state index in [4.69, 9.17) is 0 Å². The third kappa shape index (κ3) is 6.91. The van der Waals surface area contributed by atoms with Gasteiger partial charge in [-0.05, 0) is 247 Å². The number of fused-ring (bicyclic) bond motifs is 10. The van der Waals surface area contributed by atoms with Gasteiger partial charge in [-0.2, -0.15) is 0 Å². The molecule has 2 nitrogen and oxygen atoms in total. The van der Waals surface area contributed by atoms with Crippen LogP contribution in [-0.4, -0.2) is 6.85 Å². The summed E-state index contributed by atoms with van der Waals surface area (Å²) < 4.78 is 0. The van der Waals surface area contributed by atoms with Crippen LogP contribution in [0.4, 0.5) is 28.4 Å². The Labute approximate surface area is 457 Å². The van der Waals surface area contributed by atoms with E-state index < -0.39 is 0 Å². The van der Waals surface area contributed by atoms with Gasteiger partial charge in [0, 0.05) is 39.4 Å². The van der Waals surface area contributed by atoms with E-state index >= 15 is 0 Å². The highest BCUT2D eigenvalue weighted by Gasteiger charge is 2.51. The maximum atomic E-state index is 2.86. The molecule has 0 aromatic heterocycles. The van der Waals surface area contributed by atoms with Gasteiger partial charge in [0.1, 0.15) is 0 Å². The summed E-state index contributed by atoms with van der Waals surface area (Å²) in [5, 5.41) is 0. The second-order valence-electron chi connectivity index (χ2n) is 29.6. The topological polar surface area (TPSA) is 6.48 Å². The largest absolute Gasteiger partial charge is 0.376 e. The van der Waals surface area contributed by atoms with Crippen LogP contribution in [-0.2, 0) is 37.9 Å². The summed E-state index contributed by atoms with van der Waals surface area (Å²) in [6.45, 7) is 44.1. The smallest absolute Gasteiger partial charge is 0.333 e. The molecule has 388 valence electrons. The van der Waals surface area contributed by atoms with Crippen LogP contribution in [0.15, 0.2) is 103 Å². The minimum Gasteiger partial charge on any atom is -0.376 e. The minimum atomic E-state index is -0.176. The summed E-state index contributed by atoms with van der Waals surface area (Å²) >= 11 is 0. The average molecular weight is 999 g/mol. The molecule has 13 rings (SSSR count). The highest BCUT2D eigenvalue weighted by Crippen LogP contribution is 2.58. The molecule has 7 aromatic rings. The van der Waals surface area contributed by atoms with Gasteiger partial charge in [-0.15, -0.1) is 0 Å². The summed E-state index contributed by atoms with van der Waals surface area (Å²) in [4.78, 5) is 5.64. The van der Waals surface area contributed by atoms with Crippen molar-refractivity contribution in [1.29, 1.82) is 0 Å². The standard InChI is InChI=1S/C73H83BN2/c1-42-31-44(3)65(45(4)32-42)46-34-51-50-37-57-59(72(15,16)30-28-70(57,11)12)41-62(50)76(47-23-24-53-56(36-47)69(9,10)26-25-67(53,5)6)74-60-39-54-49(48-21-19-20-22-52(48)73(54,17)18)38-63(60)75(64(35-46)66(51)74)61-40-58-55(33-43(61)2)68(7,8)27-29-71(58,13)14/h19-24,31-41H,25-30H2,1-18H3. The first-order valence-corrected chi connectivity index (χ1v) is 29.2. The van der Waals surface area contributed by atoms with Crippen molar-refractivity contribution in [2.45, 2.75) is 201 Å². The van der Waals surface area contributed by atoms with Crippen molar-refractivity contribution in [3.8, 4) is 33.4 Å². The molecular weight excluding hydrogens is 916 g/mol. The van der Waals surface area contributed by atoms with E-state index in [2.05, 4.69) is 237 Å². The zero-order valence-corrected chi connectivity index (χ0v) is 49.5. The van der Waals surface area contributed by atoms with Crippen LogP contribution in [0.3, 0.4) is 0 Å². The van der Waals surface area contributed by atoms with E-state index in [0.717, 1.165) is 0 Å². The zero-order chi connectivity index (χ0) is 53.9. The SMILES string of the molecule is Cc1cc(C)c(-c2cc3c4c(c2)N(c2cc5c(cc2C)C(C)(C)CCC5(C)C)c2cc5c(cc2B4N(c2ccc4c(c2)C(C)(C)CCC4(C)C)c2cc4c(cc2-3)C(C)(C)CCC4(C)C)C(C)(C)c2ccccc2-5)c(C)c1. The van der Waals surface area contributed by atoms with Crippen molar-refractivity contribution in [3.63, 3.8) is 0 Å². The maximum Gasteiger partial charge on any atom is 0.333 e. The van der Waals surface area contributed by atoms with Gasteiger partial charge in [-0.1, -0.05) is 157 Å². The summed E-state index contributed by atoms with van der Waals surface area (Å²) in [7, 11) is 0. The Morgan fingerprint density at radius 3 is 1.50 bits per heavy atom. The average Bonchev–Trinajstić information content (AvgIpc) is 3.72. The minimum absolute atomic E-state index is 0.0288. The normalized spacial score (nSPS) is 20.6. The van der Waals surface area contributed by atoms with E-state index in [-0.39, 0.29) is 44.8 Å². The number of benzene rings is 7. The van der Waals surface area contributed by atoms with Gasteiger partial charge in [0.15, 0.2) is 0 Å². The van der Waals surface area contributed by atoms with E-state index in [1.165, 1.54) is 178 Å². The molecular formula is C73H83BN2. The molecule has 0 atom stereocenters. The molecule has 0 bridgehead atoms. The van der Waals surface area contributed by atoms with Crippen LogP contribution in [0.1, 0.15) is 202 Å². The molecule has 6 aliphatic rings. The van der Waals surface area contributed by atoms with Crippen molar-refractivity contribution in [1.82, 2.24) is 0 Å². The fraction of sp³-hybridized carbons (Fsp3) is 0.425. The van der Waals surface area contributed by atoms with Gasteiger partial charge in [0.2, 0.25) is 0 Å². The lowest BCUT2D eigenvalue weighted by Gasteiger charge is -2.49. The second kappa shape index (κ2) is 15.7. The Morgan fingerprint density at radius 1 is 0.368 bits per heavy atom. The third-order valence-electron chi connectivity index (χ3n) is 21.2. The van der Waals surface area contributed by atoms with E-state index in [9.17, 15) is 0 Å². The van der Waals surface area contributed by atoms with Crippen LogP contribution < -0.4 is 20.6 Å². The van der Waals surface area contributed by atoms with Gasteiger partial charge in [-0.25, -0.2) is 0 Å². The van der Waals surface area contributed by atoms with Gasteiger partial charge in [0.05, 0.1) is 0 Å². The predicted octanol–water partition coefficient (Wildman–Crippen LogP) is 18.6. The highest BCUT2D eigenvalue weighted by molar-refractivity contribution is 6.93. The maximum absolute atomic E-state index is 2.86. The molecule has 0 radical (unpaired) electrons. The van der Waals surface area contributed by atoms with Crippen molar-refractivity contribution < 1.29 is 0 Å². The van der Waals surface area contributed by atoms with Gasteiger partial charge in [-0.3, -0.25) is 0 Å². The Balaban J connectivity index is 1.22. The summed E-state index contributed by atoms with van der Waals surface area (Å²) in [6.07, 6.45) is 7.07. The van der Waals surface area contributed by atoms with Crippen molar-refractivity contribution in [2.75, 3.05) is 9.71 Å². The molecule has 76 heavy (non-hydrogen) atoms. The number of rotatable bonds is 3. The number of nitrogens with zero attached hydrogens (tertiary/aromatic N) is 2. The molecule has 4 aliphatic carbocycles. The first-order valence-electron chi connectivity index (χ1n) is 29.2. The number of anilines is 5. The fourth-order valence-electron chi connectivity index (χ4n) is 16.2. The lowest BCUT2D eigenvalue weighted by atomic mass is 9.42. The third-order valence-corrected chi connectivity index (χ3v) is 21.2. The first kappa shape index (κ1) is 49.8. The molecule has 0 fully saturated rings. The van der Waals surface area contributed by atoms with Crippen molar-refractivity contribution in [2.24, 2.45) is 0 Å². The number of hydrogen-bond acceptors (Lipinski definition) is 2. The quantitative estimate of drug-likeness (QED) is 0.163. The van der Waals surface area contributed by atoms with E-state index in [0.29, 0.717) is 0 Å². The molecule has 2 aliphatic heterocycles. The second-order valence-corrected chi connectivity index (χ2v) is 29.6. The van der Waals surface area contributed by atoms with E-state index in [1.807, 2.05) is 0 Å². The van der Waals surface area contributed by atoms with Crippen molar-refractivity contribution in [3.05, 3.63) is 170 Å². The van der Waals surface area contributed by atoms with Crippen LogP contribution in [0.25, 0.3) is 33.4 Å². The fourth-order valence-corrected chi connectivity index (χ4v) is 16.2.